The summed E-state index contributed by atoms with van der Waals surface area (Å²) in [5.74, 6) is 0.195. The van der Waals surface area contributed by atoms with Crippen molar-refractivity contribution in [3.8, 4) is 0 Å². The lowest BCUT2D eigenvalue weighted by Crippen LogP contribution is -2.24. The van der Waals surface area contributed by atoms with Crippen molar-refractivity contribution < 1.29 is 4.79 Å². The van der Waals surface area contributed by atoms with E-state index >= 15 is 0 Å². The minimum absolute atomic E-state index is 0.195. The maximum Gasteiger partial charge on any atom is 0.219 e. The van der Waals surface area contributed by atoms with Gasteiger partial charge in [-0.2, -0.15) is 0 Å². The molecule has 0 rings (SSSR count). The van der Waals surface area contributed by atoms with E-state index in [1.807, 2.05) is 0 Å². The first-order valence-corrected chi connectivity index (χ1v) is 7.71. The summed E-state index contributed by atoms with van der Waals surface area (Å²) in [5, 5.41) is 3.89. The van der Waals surface area contributed by atoms with E-state index in [1.165, 1.54) is 12.8 Å². The fourth-order valence-electron chi connectivity index (χ4n) is 1.25. The Morgan fingerprint density at radius 1 is 1.33 bits per heavy atom. The van der Waals surface area contributed by atoms with Crippen molar-refractivity contribution in [2.24, 2.45) is 0 Å². The summed E-state index contributed by atoms with van der Waals surface area (Å²) in [5.41, 5.74) is 0. The molecule has 0 aliphatic rings. The van der Waals surface area contributed by atoms with Crippen LogP contribution in [0.1, 0.15) is 45.4 Å². The zero-order chi connectivity index (χ0) is 11.5. The third-order valence-electron chi connectivity index (χ3n) is 2.19. The fourth-order valence-corrected chi connectivity index (χ4v) is 1.90. The van der Waals surface area contributed by atoms with E-state index in [-0.39, 0.29) is 5.91 Å². The number of carbonyl (C=O) groups excluding carboxylic acids is 1. The Balaban J connectivity index is 3.26. The van der Waals surface area contributed by atoms with Crippen LogP contribution < -0.4 is 5.32 Å². The SMILES string of the molecule is CCCCCNC(=O)CCCC(Br)CBr. The minimum Gasteiger partial charge on any atom is -0.356 e. The average Bonchev–Trinajstić information content (AvgIpc) is 2.24. The molecule has 2 nitrogen and oxygen atoms in total. The van der Waals surface area contributed by atoms with Gasteiger partial charge in [0, 0.05) is 23.1 Å². The number of halogens is 2. The molecule has 0 aromatic rings. The Morgan fingerprint density at radius 3 is 2.67 bits per heavy atom. The van der Waals surface area contributed by atoms with Crippen LogP contribution in [0.25, 0.3) is 0 Å². The van der Waals surface area contributed by atoms with Crippen LogP contribution in [0.3, 0.4) is 0 Å². The third kappa shape index (κ3) is 10.7. The molecule has 15 heavy (non-hydrogen) atoms. The zero-order valence-electron chi connectivity index (χ0n) is 9.40. The molecule has 0 fully saturated rings. The highest BCUT2D eigenvalue weighted by Crippen LogP contribution is 2.11. The van der Waals surface area contributed by atoms with Crippen molar-refractivity contribution in [1.29, 1.82) is 0 Å². The van der Waals surface area contributed by atoms with Crippen LogP contribution in [-0.4, -0.2) is 22.6 Å². The van der Waals surface area contributed by atoms with Gasteiger partial charge in [-0.3, -0.25) is 4.79 Å². The first-order chi connectivity index (χ1) is 7.20. The summed E-state index contributed by atoms with van der Waals surface area (Å²) >= 11 is 6.92. The predicted octanol–water partition coefficient (Wildman–Crippen LogP) is 3.62. The first kappa shape index (κ1) is 15.4. The lowest BCUT2D eigenvalue weighted by molar-refractivity contribution is -0.121. The van der Waals surface area contributed by atoms with Crippen LogP contribution in [0.2, 0.25) is 0 Å². The largest absolute Gasteiger partial charge is 0.356 e. The number of unbranched alkanes of at least 4 members (excludes halogenated alkanes) is 2. The fraction of sp³-hybridized carbons (Fsp3) is 0.909. The van der Waals surface area contributed by atoms with Gasteiger partial charge < -0.3 is 5.32 Å². The summed E-state index contributed by atoms with van der Waals surface area (Å²) in [6.07, 6.45) is 6.17. The Morgan fingerprint density at radius 2 is 2.07 bits per heavy atom. The van der Waals surface area contributed by atoms with Crippen LogP contribution in [0.15, 0.2) is 0 Å². The van der Waals surface area contributed by atoms with E-state index in [2.05, 4.69) is 44.1 Å². The van der Waals surface area contributed by atoms with Gasteiger partial charge in [-0.15, -0.1) is 0 Å². The molecule has 0 saturated carbocycles. The van der Waals surface area contributed by atoms with Gasteiger partial charge in [0.05, 0.1) is 0 Å². The monoisotopic (exact) mass is 341 g/mol. The van der Waals surface area contributed by atoms with Gasteiger partial charge in [0.2, 0.25) is 5.91 Å². The molecule has 1 amide bonds. The lowest BCUT2D eigenvalue weighted by Gasteiger charge is -2.06. The van der Waals surface area contributed by atoms with E-state index in [4.69, 9.17) is 0 Å². The maximum atomic E-state index is 11.3. The Labute approximate surface area is 110 Å². The van der Waals surface area contributed by atoms with Crippen LogP contribution in [0.5, 0.6) is 0 Å². The molecule has 0 aromatic heterocycles. The highest BCUT2D eigenvalue weighted by Gasteiger charge is 2.04. The quantitative estimate of drug-likeness (QED) is 0.503. The van der Waals surface area contributed by atoms with Crippen molar-refractivity contribution in [2.45, 2.75) is 50.3 Å². The van der Waals surface area contributed by atoms with Crippen molar-refractivity contribution in [1.82, 2.24) is 5.32 Å². The summed E-state index contributed by atoms with van der Waals surface area (Å²) in [7, 11) is 0. The molecule has 0 aromatic carbocycles. The molecule has 1 N–H and O–H groups in total. The van der Waals surface area contributed by atoms with Gasteiger partial charge in [0.1, 0.15) is 0 Å². The standard InChI is InChI=1S/C11H21Br2NO/c1-2-3-4-8-14-11(15)7-5-6-10(13)9-12/h10H,2-9H2,1H3,(H,14,15). The van der Waals surface area contributed by atoms with Crippen LogP contribution >= 0.6 is 31.9 Å². The van der Waals surface area contributed by atoms with E-state index in [1.54, 1.807) is 0 Å². The number of hydrogen-bond donors (Lipinski definition) is 1. The van der Waals surface area contributed by atoms with Crippen LogP contribution in [-0.2, 0) is 4.79 Å². The second-order valence-corrected chi connectivity index (χ2v) is 5.64. The van der Waals surface area contributed by atoms with Gasteiger partial charge in [0.25, 0.3) is 0 Å². The second kappa shape index (κ2) is 10.9. The predicted molar refractivity (Wildman–Crippen MR) is 72.9 cm³/mol. The maximum absolute atomic E-state index is 11.3. The van der Waals surface area contributed by atoms with E-state index < -0.39 is 0 Å². The molecule has 1 unspecified atom stereocenters. The second-order valence-electron chi connectivity index (χ2n) is 3.70. The summed E-state index contributed by atoms with van der Waals surface area (Å²) in [6.45, 7) is 3.00. The van der Waals surface area contributed by atoms with Crippen LogP contribution in [0.4, 0.5) is 0 Å². The highest BCUT2D eigenvalue weighted by molar-refractivity contribution is 9.12. The van der Waals surface area contributed by atoms with E-state index in [0.29, 0.717) is 11.2 Å². The molecule has 0 spiro atoms. The summed E-state index contributed by atoms with van der Waals surface area (Å²) in [6, 6.07) is 0. The number of carbonyl (C=O) groups is 1. The molecule has 0 radical (unpaired) electrons. The number of nitrogens with one attached hydrogen (secondary N) is 1. The number of amides is 1. The Bertz CT molecular complexity index is 165. The Hall–Kier alpha value is 0.430. The van der Waals surface area contributed by atoms with Crippen molar-refractivity contribution in [3.05, 3.63) is 0 Å². The topological polar surface area (TPSA) is 29.1 Å². The van der Waals surface area contributed by atoms with E-state index in [9.17, 15) is 4.79 Å². The molecule has 90 valence electrons. The normalized spacial score (nSPS) is 12.5. The lowest BCUT2D eigenvalue weighted by atomic mass is 10.2. The first-order valence-electron chi connectivity index (χ1n) is 5.67. The molecule has 0 saturated heterocycles. The molecule has 0 aliphatic heterocycles. The van der Waals surface area contributed by atoms with Gasteiger partial charge >= 0.3 is 0 Å². The molecular weight excluding hydrogens is 322 g/mol. The van der Waals surface area contributed by atoms with Gasteiger partial charge in [-0.05, 0) is 19.3 Å². The number of alkyl halides is 2. The molecule has 4 heteroatoms. The third-order valence-corrected chi connectivity index (χ3v) is 4.62. The van der Waals surface area contributed by atoms with Crippen molar-refractivity contribution in [2.75, 3.05) is 11.9 Å². The molecular formula is C11H21Br2NO. The molecule has 1 atom stereocenters. The van der Waals surface area contributed by atoms with Crippen molar-refractivity contribution in [3.63, 3.8) is 0 Å². The van der Waals surface area contributed by atoms with Gasteiger partial charge in [0.15, 0.2) is 0 Å². The number of rotatable bonds is 9. The van der Waals surface area contributed by atoms with Gasteiger partial charge in [-0.25, -0.2) is 0 Å². The van der Waals surface area contributed by atoms with Crippen LogP contribution in [0, 0.1) is 0 Å². The van der Waals surface area contributed by atoms with E-state index in [0.717, 1.165) is 31.1 Å². The highest BCUT2D eigenvalue weighted by atomic mass is 79.9. The Kier molecular flexibility index (Phi) is 11.2. The van der Waals surface area contributed by atoms with Gasteiger partial charge in [-0.1, -0.05) is 51.6 Å². The molecule has 0 bridgehead atoms. The zero-order valence-corrected chi connectivity index (χ0v) is 12.6. The molecule has 0 aliphatic carbocycles. The average molecular weight is 343 g/mol. The summed E-state index contributed by atoms with van der Waals surface area (Å²) < 4.78 is 0. The van der Waals surface area contributed by atoms with Crippen molar-refractivity contribution >= 4 is 37.8 Å². The smallest absolute Gasteiger partial charge is 0.219 e. The minimum atomic E-state index is 0.195. The summed E-state index contributed by atoms with van der Waals surface area (Å²) in [4.78, 5) is 11.8. The molecule has 0 heterocycles. The number of hydrogen-bond acceptors (Lipinski definition) is 1.